The second-order valence-electron chi connectivity index (χ2n) is 3.66. The molecule has 2 rings (SSSR count). The number of nitriles is 1. The smallest absolute Gasteiger partial charge is 0.163 e. The third-order valence-corrected chi connectivity index (χ3v) is 2.39. The van der Waals surface area contributed by atoms with Gasteiger partial charge in [-0.15, -0.1) is 0 Å². The molecule has 88 valence electrons. The van der Waals surface area contributed by atoms with Gasteiger partial charge in [-0.3, -0.25) is 0 Å². The fraction of sp³-hybridized carbons (Fsp3) is 0.455. The van der Waals surface area contributed by atoms with E-state index in [4.69, 9.17) is 5.26 Å². The molecule has 0 aliphatic carbocycles. The Hall–Kier alpha value is -2.16. The van der Waals surface area contributed by atoms with E-state index < -0.39 is 0 Å². The number of rotatable bonds is 4. The Kier molecular flexibility index (Phi) is 3.19. The highest BCUT2D eigenvalue weighted by Gasteiger charge is 2.10. The minimum Gasteiger partial charge on any atom is -0.370 e. The van der Waals surface area contributed by atoms with E-state index in [1.54, 1.807) is 10.9 Å². The molecule has 0 saturated carbocycles. The Labute approximate surface area is 99.3 Å². The highest BCUT2D eigenvalue weighted by Crippen LogP contribution is 2.19. The quantitative estimate of drug-likeness (QED) is 0.860. The Balaban J connectivity index is 2.49. The zero-order valence-electron chi connectivity index (χ0n) is 9.93. The highest BCUT2D eigenvalue weighted by molar-refractivity contribution is 5.86. The molecule has 0 aromatic carbocycles. The van der Waals surface area contributed by atoms with E-state index in [1.165, 1.54) is 0 Å². The molecule has 2 aromatic heterocycles. The van der Waals surface area contributed by atoms with Gasteiger partial charge in [0.2, 0.25) is 0 Å². The molecule has 0 atom stereocenters. The minimum absolute atomic E-state index is 0.427. The molecular weight excluding hydrogens is 216 g/mol. The first-order valence-corrected chi connectivity index (χ1v) is 5.57. The van der Waals surface area contributed by atoms with Gasteiger partial charge in [-0.2, -0.15) is 10.4 Å². The number of hydrogen-bond donors (Lipinski definition) is 1. The minimum atomic E-state index is 0.427. The van der Waals surface area contributed by atoms with Gasteiger partial charge in [0.1, 0.15) is 11.6 Å². The molecule has 0 radical (unpaired) electrons. The third kappa shape index (κ3) is 2.18. The van der Waals surface area contributed by atoms with Crippen LogP contribution in [0.5, 0.6) is 0 Å². The topological polar surface area (TPSA) is 79.4 Å². The van der Waals surface area contributed by atoms with Crippen LogP contribution in [0.25, 0.3) is 11.0 Å². The molecule has 0 fully saturated rings. The monoisotopic (exact) mass is 230 g/mol. The van der Waals surface area contributed by atoms with Crippen molar-refractivity contribution in [3.63, 3.8) is 0 Å². The number of nitrogens with one attached hydrogen (secondary N) is 1. The summed E-state index contributed by atoms with van der Waals surface area (Å²) in [4.78, 5) is 8.72. The number of aromatic nitrogens is 4. The van der Waals surface area contributed by atoms with Crippen molar-refractivity contribution in [3.8, 4) is 6.07 Å². The van der Waals surface area contributed by atoms with Gasteiger partial charge in [0, 0.05) is 6.54 Å². The van der Waals surface area contributed by atoms with Crippen molar-refractivity contribution in [2.45, 2.75) is 26.8 Å². The lowest BCUT2D eigenvalue weighted by molar-refractivity contribution is 0.642. The average Bonchev–Trinajstić information content (AvgIpc) is 2.70. The molecule has 0 unspecified atom stereocenters. The SMILES string of the molecule is CCNc1nc(C)nc2c1cnn2CCC#N. The van der Waals surface area contributed by atoms with Crippen molar-refractivity contribution in [3.05, 3.63) is 12.0 Å². The third-order valence-electron chi connectivity index (χ3n) is 2.39. The summed E-state index contributed by atoms with van der Waals surface area (Å²) in [5, 5.41) is 16.9. The average molecular weight is 230 g/mol. The van der Waals surface area contributed by atoms with Gasteiger partial charge in [0.25, 0.3) is 0 Å². The van der Waals surface area contributed by atoms with Crippen molar-refractivity contribution < 1.29 is 0 Å². The first-order valence-electron chi connectivity index (χ1n) is 5.57. The van der Waals surface area contributed by atoms with E-state index in [-0.39, 0.29) is 0 Å². The summed E-state index contributed by atoms with van der Waals surface area (Å²) in [6.45, 7) is 5.22. The molecule has 2 aromatic rings. The van der Waals surface area contributed by atoms with Crippen molar-refractivity contribution in [2.75, 3.05) is 11.9 Å². The molecule has 0 amide bonds. The molecule has 0 aliphatic rings. The van der Waals surface area contributed by atoms with Crippen LogP contribution >= 0.6 is 0 Å². The second kappa shape index (κ2) is 4.78. The van der Waals surface area contributed by atoms with Crippen molar-refractivity contribution >= 4 is 16.9 Å². The van der Waals surface area contributed by atoms with E-state index in [0.29, 0.717) is 18.8 Å². The van der Waals surface area contributed by atoms with Crippen LogP contribution in [0.15, 0.2) is 6.20 Å². The van der Waals surface area contributed by atoms with Crippen LogP contribution in [-0.2, 0) is 6.54 Å². The molecule has 6 heteroatoms. The molecule has 0 saturated heterocycles. The van der Waals surface area contributed by atoms with Crippen LogP contribution in [-0.4, -0.2) is 26.3 Å². The summed E-state index contributed by atoms with van der Waals surface area (Å²) in [5.41, 5.74) is 0.781. The van der Waals surface area contributed by atoms with E-state index >= 15 is 0 Å². The van der Waals surface area contributed by atoms with E-state index in [9.17, 15) is 0 Å². The van der Waals surface area contributed by atoms with Crippen molar-refractivity contribution in [1.82, 2.24) is 19.7 Å². The summed E-state index contributed by atoms with van der Waals surface area (Å²) < 4.78 is 1.74. The summed E-state index contributed by atoms with van der Waals surface area (Å²) in [6, 6.07) is 2.11. The van der Waals surface area contributed by atoms with Crippen LogP contribution in [0, 0.1) is 18.3 Å². The maximum Gasteiger partial charge on any atom is 0.163 e. The van der Waals surface area contributed by atoms with Crippen molar-refractivity contribution in [2.24, 2.45) is 0 Å². The number of aryl methyl sites for hydroxylation is 2. The number of nitrogens with zero attached hydrogens (tertiary/aromatic N) is 5. The lowest BCUT2D eigenvalue weighted by Gasteiger charge is -2.05. The largest absolute Gasteiger partial charge is 0.370 e. The Morgan fingerprint density at radius 3 is 3.00 bits per heavy atom. The standard InChI is InChI=1S/C11H14N6/c1-3-13-10-9-7-14-17(6-4-5-12)11(9)16-8(2)15-10/h7H,3-4,6H2,1-2H3,(H,13,15,16). The summed E-state index contributed by atoms with van der Waals surface area (Å²) in [5.74, 6) is 1.50. The molecule has 0 aliphatic heterocycles. The van der Waals surface area contributed by atoms with Gasteiger partial charge in [0.15, 0.2) is 5.65 Å². The molecule has 0 spiro atoms. The first kappa shape index (κ1) is 11.3. The van der Waals surface area contributed by atoms with Gasteiger partial charge >= 0.3 is 0 Å². The number of anilines is 1. The number of hydrogen-bond acceptors (Lipinski definition) is 5. The molecule has 2 heterocycles. The molecular formula is C11H14N6. The zero-order chi connectivity index (χ0) is 12.3. The van der Waals surface area contributed by atoms with Gasteiger partial charge in [0.05, 0.1) is 30.6 Å². The Morgan fingerprint density at radius 2 is 2.29 bits per heavy atom. The Morgan fingerprint density at radius 1 is 1.47 bits per heavy atom. The fourth-order valence-corrected chi connectivity index (χ4v) is 1.69. The maximum absolute atomic E-state index is 8.59. The summed E-state index contributed by atoms with van der Waals surface area (Å²) >= 11 is 0. The van der Waals surface area contributed by atoms with E-state index in [2.05, 4.69) is 26.5 Å². The summed E-state index contributed by atoms with van der Waals surface area (Å²) in [6.07, 6.45) is 2.17. The van der Waals surface area contributed by atoms with E-state index in [0.717, 1.165) is 23.4 Å². The molecule has 0 bridgehead atoms. The van der Waals surface area contributed by atoms with Gasteiger partial charge in [-0.25, -0.2) is 14.6 Å². The highest BCUT2D eigenvalue weighted by atomic mass is 15.3. The molecule has 17 heavy (non-hydrogen) atoms. The second-order valence-corrected chi connectivity index (χ2v) is 3.66. The summed E-state index contributed by atoms with van der Waals surface area (Å²) in [7, 11) is 0. The van der Waals surface area contributed by atoms with Gasteiger partial charge in [-0.1, -0.05) is 0 Å². The fourth-order valence-electron chi connectivity index (χ4n) is 1.69. The first-order chi connectivity index (χ1) is 8.26. The van der Waals surface area contributed by atoms with Gasteiger partial charge < -0.3 is 5.32 Å². The maximum atomic E-state index is 8.59. The van der Waals surface area contributed by atoms with E-state index in [1.807, 2.05) is 13.8 Å². The van der Waals surface area contributed by atoms with Gasteiger partial charge in [-0.05, 0) is 13.8 Å². The molecule has 6 nitrogen and oxygen atoms in total. The van der Waals surface area contributed by atoms with Crippen LogP contribution in [0.1, 0.15) is 19.2 Å². The zero-order valence-corrected chi connectivity index (χ0v) is 9.93. The predicted molar refractivity (Wildman–Crippen MR) is 64.5 cm³/mol. The van der Waals surface area contributed by atoms with Crippen LogP contribution in [0.4, 0.5) is 5.82 Å². The number of fused-ring (bicyclic) bond motifs is 1. The lowest BCUT2D eigenvalue weighted by atomic mass is 10.3. The normalized spacial score (nSPS) is 10.4. The van der Waals surface area contributed by atoms with Crippen LogP contribution in [0.3, 0.4) is 0 Å². The van der Waals surface area contributed by atoms with Crippen molar-refractivity contribution in [1.29, 1.82) is 5.26 Å². The predicted octanol–water partition coefficient (Wildman–Crippen LogP) is 1.48. The lowest BCUT2D eigenvalue weighted by Crippen LogP contribution is -2.05. The van der Waals surface area contributed by atoms with Crippen LogP contribution < -0.4 is 5.32 Å². The Bertz CT molecular complexity index is 565. The van der Waals surface area contributed by atoms with Crippen LogP contribution in [0.2, 0.25) is 0 Å². The molecule has 1 N–H and O–H groups in total.